The molecule has 21 heavy (non-hydrogen) atoms. The summed E-state index contributed by atoms with van der Waals surface area (Å²) in [5, 5.41) is 3.43. The molecule has 0 bridgehead atoms. The topological polar surface area (TPSA) is 49.9 Å². The van der Waals surface area contributed by atoms with Gasteiger partial charge in [0.15, 0.2) is 0 Å². The van der Waals surface area contributed by atoms with Crippen LogP contribution in [0.1, 0.15) is 17.0 Å². The van der Waals surface area contributed by atoms with Gasteiger partial charge in [-0.2, -0.15) is 0 Å². The van der Waals surface area contributed by atoms with E-state index in [-0.39, 0.29) is 0 Å². The van der Waals surface area contributed by atoms with Crippen LogP contribution in [0.25, 0.3) is 11.0 Å². The third-order valence-electron chi connectivity index (χ3n) is 3.43. The van der Waals surface area contributed by atoms with Gasteiger partial charge in [0.1, 0.15) is 5.82 Å². The van der Waals surface area contributed by atoms with Crippen LogP contribution in [-0.4, -0.2) is 17.1 Å². The zero-order valence-corrected chi connectivity index (χ0v) is 12.3. The summed E-state index contributed by atoms with van der Waals surface area (Å²) in [7, 11) is 1.71. The maximum atomic E-state index is 5.11. The first-order valence-corrected chi connectivity index (χ1v) is 7.01. The molecule has 1 aromatic heterocycles. The van der Waals surface area contributed by atoms with E-state index in [1.165, 1.54) is 11.1 Å². The SMILES string of the molecule is COCc1ccc(CNc2ccc3nc(C)[nH]c3c2)cc1. The molecule has 4 heteroatoms. The number of hydrogen-bond donors (Lipinski definition) is 2. The number of nitrogens with zero attached hydrogens (tertiary/aromatic N) is 1. The molecule has 0 radical (unpaired) electrons. The fourth-order valence-corrected chi connectivity index (χ4v) is 2.37. The van der Waals surface area contributed by atoms with E-state index in [0.717, 1.165) is 29.1 Å². The van der Waals surface area contributed by atoms with Gasteiger partial charge in [-0.15, -0.1) is 0 Å². The highest BCUT2D eigenvalue weighted by Gasteiger charge is 2.01. The number of anilines is 1. The van der Waals surface area contributed by atoms with E-state index in [2.05, 4.69) is 51.7 Å². The molecular weight excluding hydrogens is 262 g/mol. The summed E-state index contributed by atoms with van der Waals surface area (Å²) in [6.07, 6.45) is 0. The molecule has 0 spiro atoms. The molecule has 4 nitrogen and oxygen atoms in total. The average molecular weight is 281 g/mol. The van der Waals surface area contributed by atoms with Crippen molar-refractivity contribution in [1.82, 2.24) is 9.97 Å². The number of aryl methyl sites for hydroxylation is 1. The summed E-state index contributed by atoms with van der Waals surface area (Å²) in [4.78, 5) is 7.66. The van der Waals surface area contributed by atoms with Gasteiger partial charge < -0.3 is 15.0 Å². The number of rotatable bonds is 5. The number of H-pyrrole nitrogens is 1. The summed E-state index contributed by atoms with van der Waals surface area (Å²) >= 11 is 0. The highest BCUT2D eigenvalue weighted by molar-refractivity contribution is 5.79. The van der Waals surface area contributed by atoms with Crippen LogP contribution in [0.5, 0.6) is 0 Å². The Morgan fingerprint density at radius 3 is 2.62 bits per heavy atom. The second-order valence-electron chi connectivity index (χ2n) is 5.16. The molecule has 108 valence electrons. The fourth-order valence-electron chi connectivity index (χ4n) is 2.37. The Morgan fingerprint density at radius 1 is 1.10 bits per heavy atom. The van der Waals surface area contributed by atoms with E-state index >= 15 is 0 Å². The molecule has 0 atom stereocenters. The summed E-state index contributed by atoms with van der Waals surface area (Å²) < 4.78 is 5.11. The van der Waals surface area contributed by atoms with E-state index in [1.54, 1.807) is 7.11 Å². The van der Waals surface area contributed by atoms with E-state index in [4.69, 9.17) is 4.74 Å². The summed E-state index contributed by atoms with van der Waals surface area (Å²) in [5.41, 5.74) is 5.59. The lowest BCUT2D eigenvalue weighted by Crippen LogP contribution is -1.99. The van der Waals surface area contributed by atoms with Crippen LogP contribution >= 0.6 is 0 Å². The molecule has 0 saturated heterocycles. The van der Waals surface area contributed by atoms with Gasteiger partial charge in [-0.3, -0.25) is 0 Å². The molecule has 0 amide bonds. The number of benzene rings is 2. The molecule has 0 aliphatic carbocycles. The van der Waals surface area contributed by atoms with Crippen LogP contribution in [0.3, 0.4) is 0 Å². The monoisotopic (exact) mass is 281 g/mol. The Kier molecular flexibility index (Phi) is 3.88. The lowest BCUT2D eigenvalue weighted by Gasteiger charge is -2.07. The van der Waals surface area contributed by atoms with E-state index in [1.807, 2.05) is 13.0 Å². The molecule has 3 aromatic rings. The minimum Gasteiger partial charge on any atom is -0.381 e. The molecular formula is C17H19N3O. The molecule has 2 N–H and O–H groups in total. The van der Waals surface area contributed by atoms with Crippen molar-refractivity contribution in [3.63, 3.8) is 0 Å². The second-order valence-corrected chi connectivity index (χ2v) is 5.16. The van der Waals surface area contributed by atoms with Gasteiger partial charge in [0.2, 0.25) is 0 Å². The van der Waals surface area contributed by atoms with E-state index < -0.39 is 0 Å². The zero-order valence-electron chi connectivity index (χ0n) is 12.3. The third-order valence-corrected chi connectivity index (χ3v) is 3.43. The first-order chi connectivity index (χ1) is 10.2. The lowest BCUT2D eigenvalue weighted by atomic mass is 10.1. The van der Waals surface area contributed by atoms with Crippen LogP contribution in [0, 0.1) is 6.92 Å². The number of hydrogen-bond acceptors (Lipinski definition) is 3. The van der Waals surface area contributed by atoms with Crippen molar-refractivity contribution in [1.29, 1.82) is 0 Å². The van der Waals surface area contributed by atoms with Crippen LogP contribution in [0.2, 0.25) is 0 Å². The molecule has 0 unspecified atom stereocenters. The van der Waals surface area contributed by atoms with Gasteiger partial charge >= 0.3 is 0 Å². The predicted molar refractivity (Wildman–Crippen MR) is 85.3 cm³/mol. The first kappa shape index (κ1) is 13.6. The maximum Gasteiger partial charge on any atom is 0.104 e. The Hall–Kier alpha value is -2.33. The molecule has 0 aliphatic heterocycles. The number of nitrogens with one attached hydrogen (secondary N) is 2. The van der Waals surface area contributed by atoms with Crippen LogP contribution < -0.4 is 5.32 Å². The van der Waals surface area contributed by atoms with Crippen molar-refractivity contribution in [2.24, 2.45) is 0 Å². The smallest absolute Gasteiger partial charge is 0.104 e. The number of methoxy groups -OCH3 is 1. The van der Waals surface area contributed by atoms with Crippen molar-refractivity contribution < 1.29 is 4.74 Å². The maximum absolute atomic E-state index is 5.11. The summed E-state index contributed by atoms with van der Waals surface area (Å²) in [5.74, 6) is 0.941. The predicted octanol–water partition coefficient (Wildman–Crippen LogP) is 3.63. The normalized spacial score (nSPS) is 11.0. The molecule has 3 rings (SSSR count). The van der Waals surface area contributed by atoms with Crippen molar-refractivity contribution in [3.8, 4) is 0 Å². The molecule has 0 fully saturated rings. The van der Waals surface area contributed by atoms with Crippen LogP contribution in [0.4, 0.5) is 5.69 Å². The highest BCUT2D eigenvalue weighted by atomic mass is 16.5. The summed E-state index contributed by atoms with van der Waals surface area (Å²) in [6.45, 7) is 3.42. The number of aromatic nitrogens is 2. The number of ether oxygens (including phenoxy) is 1. The molecule has 0 aliphatic rings. The van der Waals surface area contributed by atoms with Crippen molar-refractivity contribution in [2.45, 2.75) is 20.1 Å². The zero-order chi connectivity index (χ0) is 14.7. The van der Waals surface area contributed by atoms with Crippen molar-refractivity contribution in [3.05, 3.63) is 59.4 Å². The van der Waals surface area contributed by atoms with Crippen LogP contribution in [-0.2, 0) is 17.9 Å². The third kappa shape index (κ3) is 3.23. The molecule has 2 aromatic carbocycles. The van der Waals surface area contributed by atoms with E-state index in [9.17, 15) is 0 Å². The quantitative estimate of drug-likeness (QED) is 0.751. The Morgan fingerprint density at radius 2 is 1.86 bits per heavy atom. The van der Waals surface area contributed by atoms with Gasteiger partial charge in [-0.1, -0.05) is 24.3 Å². The Bertz CT molecular complexity index is 731. The minimum absolute atomic E-state index is 0.656. The van der Waals surface area contributed by atoms with Gasteiger partial charge in [-0.25, -0.2) is 4.98 Å². The van der Waals surface area contributed by atoms with Gasteiger partial charge in [0.05, 0.1) is 17.6 Å². The highest BCUT2D eigenvalue weighted by Crippen LogP contribution is 2.18. The number of imidazole rings is 1. The lowest BCUT2D eigenvalue weighted by molar-refractivity contribution is 0.185. The number of aromatic amines is 1. The second kappa shape index (κ2) is 5.97. The average Bonchev–Trinajstić information content (AvgIpc) is 2.86. The van der Waals surface area contributed by atoms with Gasteiger partial charge in [-0.05, 0) is 36.2 Å². The fraction of sp³-hybridized carbons (Fsp3) is 0.235. The summed E-state index contributed by atoms with van der Waals surface area (Å²) in [6, 6.07) is 14.6. The first-order valence-electron chi connectivity index (χ1n) is 7.01. The van der Waals surface area contributed by atoms with Crippen molar-refractivity contribution in [2.75, 3.05) is 12.4 Å². The van der Waals surface area contributed by atoms with E-state index in [0.29, 0.717) is 6.61 Å². The Balaban J connectivity index is 1.67. The molecule has 1 heterocycles. The van der Waals surface area contributed by atoms with Crippen molar-refractivity contribution >= 4 is 16.7 Å². The largest absolute Gasteiger partial charge is 0.381 e. The molecule has 0 saturated carbocycles. The van der Waals surface area contributed by atoms with Gasteiger partial charge in [0.25, 0.3) is 0 Å². The van der Waals surface area contributed by atoms with Gasteiger partial charge in [0, 0.05) is 19.3 Å². The van der Waals surface area contributed by atoms with Crippen LogP contribution in [0.15, 0.2) is 42.5 Å². The standard InChI is InChI=1S/C17H19N3O/c1-12-19-16-8-7-15(9-17(16)20-12)18-10-13-3-5-14(6-4-13)11-21-2/h3-9,18H,10-11H2,1-2H3,(H,19,20). The Labute approximate surface area is 124 Å². The minimum atomic E-state index is 0.656. The number of fused-ring (bicyclic) bond motifs is 1.